The van der Waals surface area contributed by atoms with E-state index in [4.69, 9.17) is 4.74 Å². The molecular formula is C28H34O3. The molecule has 0 spiro atoms. The Hall–Kier alpha value is -2.00. The summed E-state index contributed by atoms with van der Waals surface area (Å²) in [6.07, 6.45) is 12.5. The van der Waals surface area contributed by atoms with E-state index in [9.17, 15) is 9.59 Å². The summed E-state index contributed by atoms with van der Waals surface area (Å²) in [5, 5.41) is 0. The summed E-state index contributed by atoms with van der Waals surface area (Å²) in [7, 11) is 0. The van der Waals surface area contributed by atoms with Gasteiger partial charge in [0.2, 0.25) is 0 Å². The van der Waals surface area contributed by atoms with E-state index in [2.05, 4.69) is 44.2 Å². The Kier molecular flexibility index (Phi) is 5.29. The van der Waals surface area contributed by atoms with Crippen molar-refractivity contribution >= 4 is 11.6 Å². The molecular weight excluding hydrogens is 384 g/mol. The molecule has 3 nitrogen and oxygen atoms in total. The highest BCUT2D eigenvalue weighted by atomic mass is 16.5. The number of hydrogen-bond donors (Lipinski definition) is 0. The molecule has 3 fully saturated rings. The Morgan fingerprint density at radius 3 is 2.68 bits per heavy atom. The zero-order chi connectivity index (χ0) is 21.6. The monoisotopic (exact) mass is 418 g/mol. The highest BCUT2D eigenvalue weighted by Crippen LogP contribution is 2.63. The molecule has 0 saturated heterocycles. The standard InChI is InChI=1S/C28H34O3/c1-27-14-12-20(29)17-24(27)25(31-16-6-9-19-7-4-3-5-8-19)18-21-22-10-11-26(30)28(22,2)15-13-23(21)27/h3-5,7-8,12,14,17,21-23,25H,6,9-11,13,15-16,18H2,1-2H3/t21-,22-,23-,25+,27+,28-/m0/s1. The Labute approximate surface area is 185 Å². The van der Waals surface area contributed by atoms with Crippen molar-refractivity contribution < 1.29 is 14.3 Å². The van der Waals surface area contributed by atoms with Crippen LogP contribution in [-0.4, -0.2) is 24.3 Å². The Balaban J connectivity index is 1.36. The molecule has 0 bridgehead atoms. The Morgan fingerprint density at radius 1 is 1.06 bits per heavy atom. The van der Waals surface area contributed by atoms with E-state index in [0.717, 1.165) is 44.9 Å². The van der Waals surface area contributed by atoms with E-state index in [1.54, 1.807) is 6.08 Å². The molecule has 4 aliphatic carbocycles. The highest BCUT2D eigenvalue weighted by Gasteiger charge is 2.60. The average molecular weight is 419 g/mol. The third kappa shape index (κ3) is 3.46. The van der Waals surface area contributed by atoms with E-state index < -0.39 is 0 Å². The molecule has 0 heterocycles. The zero-order valence-electron chi connectivity index (χ0n) is 18.8. The van der Waals surface area contributed by atoms with Crippen LogP contribution in [0, 0.1) is 28.6 Å². The molecule has 6 atom stereocenters. The van der Waals surface area contributed by atoms with Crippen molar-refractivity contribution in [2.24, 2.45) is 28.6 Å². The van der Waals surface area contributed by atoms with Gasteiger partial charge in [-0.2, -0.15) is 0 Å². The number of fused-ring (bicyclic) bond motifs is 5. The smallest absolute Gasteiger partial charge is 0.178 e. The molecule has 0 radical (unpaired) electrons. The van der Waals surface area contributed by atoms with Crippen molar-refractivity contribution in [2.45, 2.75) is 64.9 Å². The first-order valence-corrected chi connectivity index (χ1v) is 12.1. The first kappa shape index (κ1) is 20.9. The molecule has 5 rings (SSSR count). The number of allylic oxidation sites excluding steroid dienone is 3. The van der Waals surface area contributed by atoms with Crippen molar-refractivity contribution in [1.82, 2.24) is 0 Å². The number of hydrogen-bond acceptors (Lipinski definition) is 3. The molecule has 0 N–H and O–H groups in total. The van der Waals surface area contributed by atoms with Gasteiger partial charge in [0.15, 0.2) is 5.78 Å². The molecule has 0 amide bonds. The Bertz CT molecular complexity index is 929. The van der Waals surface area contributed by atoms with Gasteiger partial charge in [0.1, 0.15) is 5.78 Å². The molecule has 31 heavy (non-hydrogen) atoms. The lowest BCUT2D eigenvalue weighted by Gasteiger charge is -2.57. The number of aryl methyl sites for hydroxylation is 1. The maximum Gasteiger partial charge on any atom is 0.178 e. The normalized spacial score (nSPS) is 39.0. The third-order valence-corrected chi connectivity index (χ3v) is 9.03. The summed E-state index contributed by atoms with van der Waals surface area (Å²) < 4.78 is 6.51. The van der Waals surface area contributed by atoms with Crippen LogP contribution in [0.4, 0.5) is 0 Å². The molecule has 1 aromatic carbocycles. The van der Waals surface area contributed by atoms with Crippen LogP contribution in [-0.2, 0) is 20.7 Å². The van der Waals surface area contributed by atoms with Gasteiger partial charge >= 0.3 is 0 Å². The van der Waals surface area contributed by atoms with E-state index in [-0.39, 0.29) is 22.7 Å². The van der Waals surface area contributed by atoms with Gasteiger partial charge in [-0.25, -0.2) is 0 Å². The van der Waals surface area contributed by atoms with E-state index in [0.29, 0.717) is 30.1 Å². The second kappa shape index (κ2) is 7.85. The van der Waals surface area contributed by atoms with Gasteiger partial charge in [0.25, 0.3) is 0 Å². The lowest BCUT2D eigenvalue weighted by molar-refractivity contribution is -0.133. The zero-order valence-corrected chi connectivity index (χ0v) is 18.8. The van der Waals surface area contributed by atoms with Crippen LogP contribution >= 0.6 is 0 Å². The number of rotatable bonds is 5. The fourth-order valence-corrected chi connectivity index (χ4v) is 7.30. The van der Waals surface area contributed by atoms with Crippen LogP contribution < -0.4 is 0 Å². The molecule has 4 aliphatic rings. The molecule has 3 saturated carbocycles. The number of Topliss-reactive ketones (excluding diaryl/α,β-unsaturated/α-hetero) is 1. The van der Waals surface area contributed by atoms with Gasteiger partial charge < -0.3 is 4.74 Å². The third-order valence-electron chi connectivity index (χ3n) is 9.03. The van der Waals surface area contributed by atoms with Gasteiger partial charge in [-0.3, -0.25) is 9.59 Å². The van der Waals surface area contributed by atoms with E-state index >= 15 is 0 Å². The summed E-state index contributed by atoms with van der Waals surface area (Å²) in [6.45, 7) is 5.22. The lowest BCUT2D eigenvalue weighted by atomic mass is 9.48. The summed E-state index contributed by atoms with van der Waals surface area (Å²) in [5.41, 5.74) is 2.23. The molecule has 1 aromatic rings. The van der Waals surface area contributed by atoms with Crippen molar-refractivity contribution in [3.05, 3.63) is 59.7 Å². The molecule has 3 heteroatoms. The SMILES string of the molecule is C[C@]12C=CC(=O)C=C1[C@H](OCCCc1ccccc1)C[C@@H]1[C@@H]2CC[C@]2(C)C(=O)CC[C@@H]12. The first-order valence-electron chi connectivity index (χ1n) is 12.1. The molecule has 164 valence electrons. The molecule has 0 aromatic heterocycles. The maximum absolute atomic E-state index is 12.7. The number of benzene rings is 1. The van der Waals surface area contributed by atoms with Gasteiger partial charge in [-0.15, -0.1) is 0 Å². The van der Waals surface area contributed by atoms with E-state index in [1.165, 1.54) is 11.1 Å². The van der Waals surface area contributed by atoms with Gasteiger partial charge in [-0.1, -0.05) is 50.3 Å². The summed E-state index contributed by atoms with van der Waals surface area (Å²) in [4.78, 5) is 25.0. The van der Waals surface area contributed by atoms with Crippen LogP contribution in [0.25, 0.3) is 0 Å². The number of ketones is 2. The Morgan fingerprint density at radius 2 is 1.87 bits per heavy atom. The van der Waals surface area contributed by atoms with Crippen LogP contribution in [0.15, 0.2) is 54.1 Å². The van der Waals surface area contributed by atoms with Crippen molar-refractivity contribution in [3.63, 3.8) is 0 Å². The predicted molar refractivity (Wildman–Crippen MR) is 122 cm³/mol. The van der Waals surface area contributed by atoms with Crippen LogP contribution in [0.1, 0.15) is 57.9 Å². The quantitative estimate of drug-likeness (QED) is 0.594. The number of ether oxygens (including phenoxy) is 1. The lowest BCUT2D eigenvalue weighted by Crippen LogP contribution is -2.53. The second-order valence-electron chi connectivity index (χ2n) is 10.6. The molecule has 0 aliphatic heterocycles. The summed E-state index contributed by atoms with van der Waals surface area (Å²) in [6, 6.07) is 10.5. The first-order chi connectivity index (χ1) is 14.9. The highest BCUT2D eigenvalue weighted by molar-refractivity contribution is 6.01. The minimum atomic E-state index is -0.148. The van der Waals surface area contributed by atoms with Gasteiger partial charge in [-0.05, 0) is 79.6 Å². The fourth-order valence-electron chi connectivity index (χ4n) is 7.30. The minimum Gasteiger partial charge on any atom is -0.374 e. The minimum absolute atomic E-state index is 0.0195. The maximum atomic E-state index is 12.7. The fraction of sp³-hybridized carbons (Fsp3) is 0.571. The predicted octanol–water partition coefficient (Wildman–Crippen LogP) is 5.49. The second-order valence-corrected chi connectivity index (χ2v) is 10.6. The topological polar surface area (TPSA) is 43.4 Å². The van der Waals surface area contributed by atoms with Crippen molar-refractivity contribution in [3.8, 4) is 0 Å². The van der Waals surface area contributed by atoms with E-state index in [1.807, 2.05) is 12.1 Å². The van der Waals surface area contributed by atoms with Crippen LogP contribution in [0.2, 0.25) is 0 Å². The molecule has 0 unspecified atom stereocenters. The summed E-state index contributed by atoms with van der Waals surface area (Å²) in [5.74, 6) is 2.00. The van der Waals surface area contributed by atoms with Crippen LogP contribution in [0.5, 0.6) is 0 Å². The number of carbonyl (C=O) groups is 2. The average Bonchev–Trinajstić information content (AvgIpc) is 3.07. The van der Waals surface area contributed by atoms with Crippen molar-refractivity contribution in [1.29, 1.82) is 0 Å². The van der Waals surface area contributed by atoms with Gasteiger partial charge in [0, 0.05) is 23.9 Å². The van der Waals surface area contributed by atoms with Crippen molar-refractivity contribution in [2.75, 3.05) is 6.61 Å². The van der Waals surface area contributed by atoms with Crippen LogP contribution in [0.3, 0.4) is 0 Å². The largest absolute Gasteiger partial charge is 0.374 e. The van der Waals surface area contributed by atoms with Gasteiger partial charge in [0.05, 0.1) is 6.10 Å². The number of carbonyl (C=O) groups excluding carboxylic acids is 2. The summed E-state index contributed by atoms with van der Waals surface area (Å²) >= 11 is 0.